The van der Waals surface area contributed by atoms with Crippen LogP contribution in [0.3, 0.4) is 0 Å². The van der Waals surface area contributed by atoms with E-state index >= 15 is 0 Å². The Morgan fingerprint density at radius 1 is 1.50 bits per heavy atom. The predicted molar refractivity (Wildman–Crippen MR) is 72.9 cm³/mol. The molecule has 1 aromatic heterocycles. The number of furan rings is 1. The van der Waals surface area contributed by atoms with Crippen molar-refractivity contribution in [1.82, 2.24) is 5.32 Å². The molecule has 0 unspecified atom stereocenters. The second-order valence-corrected chi connectivity index (χ2v) is 4.24. The third-order valence-corrected chi connectivity index (χ3v) is 3.02. The number of amides is 1. The lowest BCUT2D eigenvalue weighted by Crippen LogP contribution is -2.23. The molecule has 2 rings (SSSR count). The second kappa shape index (κ2) is 5.08. The zero-order chi connectivity index (χ0) is 13.1. The molecule has 1 aromatic carbocycles. The third-order valence-electron chi connectivity index (χ3n) is 3.02. The molecule has 18 heavy (non-hydrogen) atoms. The van der Waals surface area contributed by atoms with Crippen molar-refractivity contribution in [3.8, 4) is 0 Å². The van der Waals surface area contributed by atoms with Crippen molar-refractivity contribution in [3.05, 3.63) is 47.7 Å². The monoisotopic (exact) mass is 243 g/mol. The molecule has 0 aliphatic carbocycles. The van der Waals surface area contributed by atoms with Crippen LogP contribution in [0.15, 0.2) is 35.3 Å². The summed E-state index contributed by atoms with van der Waals surface area (Å²) >= 11 is 0. The molecule has 0 aliphatic heterocycles. The fraction of sp³-hybridized carbons (Fsp3) is 0.267. The smallest absolute Gasteiger partial charge is 0.287 e. The number of rotatable bonds is 4. The van der Waals surface area contributed by atoms with E-state index in [1.54, 1.807) is 6.08 Å². The van der Waals surface area contributed by atoms with E-state index < -0.39 is 0 Å². The normalized spacial score (nSPS) is 10.6. The van der Waals surface area contributed by atoms with Gasteiger partial charge in [0, 0.05) is 17.5 Å². The minimum Gasteiger partial charge on any atom is -0.451 e. The molecule has 0 bridgehead atoms. The third kappa shape index (κ3) is 2.16. The molecular weight excluding hydrogens is 226 g/mol. The van der Waals surface area contributed by atoms with Gasteiger partial charge >= 0.3 is 0 Å². The lowest BCUT2D eigenvalue weighted by Gasteiger charge is -1.99. The van der Waals surface area contributed by atoms with Gasteiger partial charge in [-0.2, -0.15) is 0 Å². The molecule has 0 spiro atoms. The van der Waals surface area contributed by atoms with Crippen molar-refractivity contribution >= 4 is 16.9 Å². The number of aryl methyl sites for hydroxylation is 2. The lowest BCUT2D eigenvalue weighted by molar-refractivity contribution is 0.0931. The minimum absolute atomic E-state index is 0.193. The average molecular weight is 243 g/mol. The SMILES string of the molecule is C=CCNC(=O)c1oc2ccc(CC)cc2c1C. The van der Waals surface area contributed by atoms with Crippen molar-refractivity contribution in [2.45, 2.75) is 20.3 Å². The minimum atomic E-state index is -0.193. The maximum absolute atomic E-state index is 11.9. The van der Waals surface area contributed by atoms with Gasteiger partial charge in [0.1, 0.15) is 5.58 Å². The first kappa shape index (κ1) is 12.4. The molecule has 1 heterocycles. The molecule has 0 saturated carbocycles. The molecule has 1 amide bonds. The molecule has 0 fully saturated rings. The van der Waals surface area contributed by atoms with Gasteiger partial charge in [0.25, 0.3) is 5.91 Å². The van der Waals surface area contributed by atoms with Gasteiger partial charge in [0.2, 0.25) is 0 Å². The van der Waals surface area contributed by atoms with Crippen LogP contribution in [-0.4, -0.2) is 12.5 Å². The van der Waals surface area contributed by atoms with Gasteiger partial charge in [0.05, 0.1) is 0 Å². The van der Waals surface area contributed by atoms with E-state index in [1.165, 1.54) is 5.56 Å². The van der Waals surface area contributed by atoms with Crippen LogP contribution in [0.5, 0.6) is 0 Å². The van der Waals surface area contributed by atoms with Gasteiger partial charge in [-0.3, -0.25) is 4.79 Å². The number of carbonyl (C=O) groups excluding carboxylic acids is 1. The molecule has 0 aliphatic rings. The fourth-order valence-electron chi connectivity index (χ4n) is 1.95. The zero-order valence-electron chi connectivity index (χ0n) is 10.7. The van der Waals surface area contributed by atoms with Crippen LogP contribution >= 0.6 is 0 Å². The molecule has 2 aromatic rings. The summed E-state index contributed by atoms with van der Waals surface area (Å²) in [5.41, 5.74) is 2.89. The first-order valence-corrected chi connectivity index (χ1v) is 6.08. The summed E-state index contributed by atoms with van der Waals surface area (Å²) in [5.74, 6) is 0.196. The quantitative estimate of drug-likeness (QED) is 0.838. The lowest BCUT2D eigenvalue weighted by atomic mass is 10.1. The van der Waals surface area contributed by atoms with Gasteiger partial charge in [-0.1, -0.05) is 19.1 Å². The fourth-order valence-corrected chi connectivity index (χ4v) is 1.95. The topological polar surface area (TPSA) is 42.2 Å². The van der Waals surface area contributed by atoms with E-state index in [-0.39, 0.29) is 5.91 Å². The van der Waals surface area contributed by atoms with Gasteiger partial charge in [-0.15, -0.1) is 6.58 Å². The highest BCUT2D eigenvalue weighted by molar-refractivity contribution is 5.99. The molecule has 94 valence electrons. The second-order valence-electron chi connectivity index (χ2n) is 4.24. The van der Waals surface area contributed by atoms with Crippen LogP contribution in [0.25, 0.3) is 11.0 Å². The van der Waals surface area contributed by atoms with E-state index in [0.29, 0.717) is 12.3 Å². The number of benzene rings is 1. The molecule has 0 radical (unpaired) electrons. The molecule has 3 nitrogen and oxygen atoms in total. The number of fused-ring (bicyclic) bond motifs is 1. The van der Waals surface area contributed by atoms with Crippen molar-refractivity contribution in [2.24, 2.45) is 0 Å². The number of carbonyl (C=O) groups is 1. The summed E-state index contributed by atoms with van der Waals surface area (Å²) in [6.45, 7) is 8.03. The Balaban J connectivity index is 2.43. The Hall–Kier alpha value is -2.03. The number of nitrogens with one attached hydrogen (secondary N) is 1. The maximum Gasteiger partial charge on any atom is 0.287 e. The zero-order valence-corrected chi connectivity index (χ0v) is 10.7. The summed E-state index contributed by atoms with van der Waals surface area (Å²) in [5, 5.41) is 3.74. The highest BCUT2D eigenvalue weighted by Gasteiger charge is 2.16. The number of hydrogen-bond acceptors (Lipinski definition) is 2. The van der Waals surface area contributed by atoms with E-state index in [2.05, 4.69) is 24.9 Å². The highest BCUT2D eigenvalue weighted by Crippen LogP contribution is 2.26. The Labute approximate surface area is 106 Å². The van der Waals surface area contributed by atoms with Crippen LogP contribution in [0.2, 0.25) is 0 Å². The van der Waals surface area contributed by atoms with Crippen LogP contribution in [0.4, 0.5) is 0 Å². The standard InChI is InChI=1S/C15H17NO2/c1-4-8-16-15(17)14-10(3)12-9-11(5-2)6-7-13(12)18-14/h4,6-7,9H,1,5,8H2,2-3H3,(H,16,17). The molecule has 0 saturated heterocycles. The average Bonchev–Trinajstić information content (AvgIpc) is 2.73. The Morgan fingerprint density at radius 2 is 2.28 bits per heavy atom. The van der Waals surface area contributed by atoms with E-state index in [9.17, 15) is 4.79 Å². The van der Waals surface area contributed by atoms with Crippen molar-refractivity contribution in [1.29, 1.82) is 0 Å². The van der Waals surface area contributed by atoms with Gasteiger partial charge in [0.15, 0.2) is 5.76 Å². The van der Waals surface area contributed by atoms with Crippen LogP contribution < -0.4 is 5.32 Å². The molecule has 0 atom stereocenters. The Kier molecular flexibility index (Phi) is 3.51. The van der Waals surface area contributed by atoms with E-state index in [1.807, 2.05) is 19.1 Å². The first-order chi connectivity index (χ1) is 8.67. The van der Waals surface area contributed by atoms with Gasteiger partial charge in [-0.25, -0.2) is 0 Å². The Bertz CT molecular complexity index is 596. The van der Waals surface area contributed by atoms with Crippen molar-refractivity contribution in [3.63, 3.8) is 0 Å². The summed E-state index contributed by atoms with van der Waals surface area (Å²) in [6, 6.07) is 6.03. The largest absolute Gasteiger partial charge is 0.451 e. The van der Waals surface area contributed by atoms with E-state index in [4.69, 9.17) is 4.42 Å². The summed E-state index contributed by atoms with van der Waals surface area (Å²) < 4.78 is 5.61. The number of hydrogen-bond donors (Lipinski definition) is 1. The van der Waals surface area contributed by atoms with Crippen LogP contribution in [0.1, 0.15) is 28.6 Å². The van der Waals surface area contributed by atoms with Crippen molar-refractivity contribution in [2.75, 3.05) is 6.54 Å². The summed E-state index contributed by atoms with van der Waals surface area (Å²) in [6.07, 6.45) is 2.61. The maximum atomic E-state index is 11.9. The van der Waals surface area contributed by atoms with Gasteiger partial charge < -0.3 is 9.73 Å². The van der Waals surface area contributed by atoms with E-state index in [0.717, 1.165) is 23.0 Å². The Morgan fingerprint density at radius 3 is 2.94 bits per heavy atom. The summed E-state index contributed by atoms with van der Waals surface area (Å²) in [7, 11) is 0. The highest BCUT2D eigenvalue weighted by atomic mass is 16.3. The predicted octanol–water partition coefficient (Wildman–Crippen LogP) is 3.22. The molecule has 3 heteroatoms. The van der Waals surface area contributed by atoms with Crippen LogP contribution in [0, 0.1) is 6.92 Å². The first-order valence-electron chi connectivity index (χ1n) is 6.08. The van der Waals surface area contributed by atoms with Crippen LogP contribution in [-0.2, 0) is 6.42 Å². The van der Waals surface area contributed by atoms with Crippen molar-refractivity contribution < 1.29 is 9.21 Å². The molecular formula is C15H17NO2. The molecule has 1 N–H and O–H groups in total. The van der Waals surface area contributed by atoms with Gasteiger partial charge in [-0.05, 0) is 31.0 Å². The summed E-state index contributed by atoms with van der Waals surface area (Å²) in [4.78, 5) is 11.9.